The topological polar surface area (TPSA) is 20.3 Å². The molecule has 0 aromatic carbocycles. The Labute approximate surface area is 107 Å². The third-order valence-corrected chi connectivity index (χ3v) is 3.70. The number of thioether (sulfide) groups is 1. The van der Waals surface area contributed by atoms with Gasteiger partial charge in [0.15, 0.2) is 5.78 Å². The van der Waals surface area contributed by atoms with Gasteiger partial charge < -0.3 is 4.90 Å². The molecule has 0 bridgehead atoms. The van der Waals surface area contributed by atoms with Crippen molar-refractivity contribution >= 4 is 17.5 Å². The Morgan fingerprint density at radius 2 is 2.35 bits per heavy atom. The maximum Gasteiger partial charge on any atom is 0.159 e. The average molecular weight is 249 g/mol. The summed E-state index contributed by atoms with van der Waals surface area (Å²) in [6.45, 7) is 3.25. The Balaban J connectivity index is 2.25. The first-order valence-corrected chi connectivity index (χ1v) is 7.51. The van der Waals surface area contributed by atoms with E-state index in [0.29, 0.717) is 12.5 Å². The van der Waals surface area contributed by atoms with Crippen LogP contribution in [0.3, 0.4) is 0 Å². The van der Waals surface area contributed by atoms with E-state index in [1.807, 2.05) is 17.8 Å². The van der Waals surface area contributed by atoms with Gasteiger partial charge in [0.1, 0.15) is 0 Å². The van der Waals surface area contributed by atoms with E-state index in [9.17, 15) is 4.79 Å². The predicted molar refractivity (Wildman–Crippen MR) is 74.1 cm³/mol. The van der Waals surface area contributed by atoms with Crippen LogP contribution in [0.2, 0.25) is 0 Å². The van der Waals surface area contributed by atoms with E-state index in [-0.39, 0.29) is 5.78 Å². The molecule has 1 aliphatic heterocycles. The van der Waals surface area contributed by atoms with Gasteiger partial charge in [-0.05, 0) is 29.9 Å². The van der Waals surface area contributed by atoms with Gasteiger partial charge in [-0.15, -0.1) is 0 Å². The highest BCUT2D eigenvalue weighted by molar-refractivity contribution is 7.98. The van der Waals surface area contributed by atoms with Gasteiger partial charge in [-0.3, -0.25) is 4.79 Å². The van der Waals surface area contributed by atoms with Gasteiger partial charge in [0.05, 0.1) is 6.04 Å². The van der Waals surface area contributed by atoms with E-state index in [1.165, 1.54) is 11.1 Å². The molecular formula is C14H19NOS. The molecule has 0 saturated heterocycles. The Morgan fingerprint density at radius 1 is 1.53 bits per heavy atom. The van der Waals surface area contributed by atoms with Crippen molar-refractivity contribution in [3.63, 3.8) is 0 Å². The van der Waals surface area contributed by atoms with Gasteiger partial charge in [-0.25, -0.2) is 0 Å². The molecule has 0 fully saturated rings. The number of hydrogen-bond acceptors (Lipinski definition) is 3. The van der Waals surface area contributed by atoms with Crippen LogP contribution in [-0.2, 0) is 4.79 Å². The van der Waals surface area contributed by atoms with E-state index in [4.69, 9.17) is 0 Å². The molecule has 0 N–H and O–H groups in total. The van der Waals surface area contributed by atoms with E-state index < -0.39 is 0 Å². The SMILES string of the molecule is CCCN1C=C(CSC)C=C2CC(=O)C=C[C@@H]21. The van der Waals surface area contributed by atoms with E-state index >= 15 is 0 Å². The lowest BCUT2D eigenvalue weighted by atomic mass is 9.90. The van der Waals surface area contributed by atoms with Crippen molar-refractivity contribution in [3.05, 3.63) is 35.6 Å². The summed E-state index contributed by atoms with van der Waals surface area (Å²) in [5, 5.41) is 0. The Bertz CT molecular complexity index is 395. The van der Waals surface area contributed by atoms with Gasteiger partial charge in [-0.1, -0.05) is 19.1 Å². The molecule has 0 spiro atoms. The van der Waals surface area contributed by atoms with Crippen LogP contribution < -0.4 is 0 Å². The fraction of sp³-hybridized carbons (Fsp3) is 0.500. The van der Waals surface area contributed by atoms with E-state index in [2.05, 4.69) is 30.4 Å². The molecule has 3 heteroatoms. The number of carbonyl (C=O) groups excluding carboxylic acids is 1. The quantitative estimate of drug-likeness (QED) is 0.764. The standard InChI is InChI=1S/C14H19NOS/c1-3-6-15-9-11(10-17-2)7-12-8-13(16)4-5-14(12)15/h4-5,7,9,14H,3,6,8,10H2,1-2H3/t14-/m0/s1. The van der Waals surface area contributed by atoms with Crippen LogP contribution in [0.5, 0.6) is 0 Å². The first-order chi connectivity index (χ1) is 8.24. The minimum Gasteiger partial charge on any atom is -0.367 e. The van der Waals surface area contributed by atoms with Crippen molar-refractivity contribution in [2.45, 2.75) is 25.8 Å². The molecule has 2 aliphatic rings. The summed E-state index contributed by atoms with van der Waals surface area (Å²) in [6.07, 6.45) is 12.1. The number of nitrogens with zero attached hydrogens (tertiary/aromatic N) is 1. The molecule has 17 heavy (non-hydrogen) atoms. The lowest BCUT2D eigenvalue weighted by Gasteiger charge is -2.35. The number of carbonyl (C=O) groups is 1. The molecule has 1 aliphatic carbocycles. The van der Waals surface area contributed by atoms with Crippen molar-refractivity contribution in [2.75, 3.05) is 18.6 Å². The lowest BCUT2D eigenvalue weighted by Crippen LogP contribution is -2.36. The fourth-order valence-corrected chi connectivity index (χ4v) is 2.91. The third-order valence-electron chi connectivity index (χ3n) is 3.08. The molecule has 92 valence electrons. The molecular weight excluding hydrogens is 230 g/mol. The summed E-state index contributed by atoms with van der Waals surface area (Å²) >= 11 is 1.83. The Morgan fingerprint density at radius 3 is 3.06 bits per heavy atom. The summed E-state index contributed by atoms with van der Waals surface area (Å²) < 4.78 is 0. The Kier molecular flexibility index (Phi) is 4.11. The minimum atomic E-state index is 0.231. The summed E-state index contributed by atoms with van der Waals surface area (Å²) in [7, 11) is 0. The largest absolute Gasteiger partial charge is 0.367 e. The number of ketones is 1. The van der Waals surface area contributed by atoms with Crippen LogP contribution in [0.15, 0.2) is 35.6 Å². The normalized spacial score (nSPS) is 23.3. The number of hydrogen-bond donors (Lipinski definition) is 0. The van der Waals surface area contributed by atoms with Crippen molar-refractivity contribution in [2.24, 2.45) is 0 Å². The second-order valence-corrected chi connectivity index (χ2v) is 5.41. The van der Waals surface area contributed by atoms with Crippen molar-refractivity contribution in [1.82, 2.24) is 4.90 Å². The minimum absolute atomic E-state index is 0.231. The van der Waals surface area contributed by atoms with Crippen LogP contribution in [0.1, 0.15) is 19.8 Å². The predicted octanol–water partition coefficient (Wildman–Crippen LogP) is 2.78. The molecule has 0 aromatic heterocycles. The average Bonchev–Trinajstić information content (AvgIpc) is 2.29. The van der Waals surface area contributed by atoms with Crippen LogP contribution in [0, 0.1) is 0 Å². The zero-order chi connectivity index (χ0) is 12.3. The molecule has 1 atom stereocenters. The molecule has 0 aromatic rings. The second kappa shape index (κ2) is 5.58. The summed E-state index contributed by atoms with van der Waals surface area (Å²) in [5.41, 5.74) is 2.60. The van der Waals surface area contributed by atoms with Gasteiger partial charge in [-0.2, -0.15) is 11.8 Å². The molecule has 1 heterocycles. The molecule has 0 saturated carbocycles. The molecule has 0 radical (unpaired) electrons. The molecule has 0 unspecified atom stereocenters. The summed E-state index contributed by atoms with van der Waals surface area (Å²) in [6, 6.07) is 0.318. The highest BCUT2D eigenvalue weighted by Crippen LogP contribution is 2.28. The van der Waals surface area contributed by atoms with Gasteiger partial charge >= 0.3 is 0 Å². The third kappa shape index (κ3) is 2.83. The second-order valence-electron chi connectivity index (χ2n) is 4.54. The summed E-state index contributed by atoms with van der Waals surface area (Å²) in [4.78, 5) is 13.8. The molecule has 2 nitrogen and oxygen atoms in total. The molecule has 2 rings (SSSR count). The zero-order valence-corrected chi connectivity index (χ0v) is 11.3. The number of allylic oxidation sites excluding steroid dienone is 2. The van der Waals surface area contributed by atoms with Crippen molar-refractivity contribution < 1.29 is 4.79 Å². The monoisotopic (exact) mass is 249 g/mol. The maximum absolute atomic E-state index is 11.5. The first kappa shape index (κ1) is 12.5. The zero-order valence-electron chi connectivity index (χ0n) is 10.5. The van der Waals surface area contributed by atoms with Gasteiger partial charge in [0.25, 0.3) is 0 Å². The number of rotatable bonds is 4. The lowest BCUT2D eigenvalue weighted by molar-refractivity contribution is -0.114. The van der Waals surface area contributed by atoms with Crippen LogP contribution in [0.25, 0.3) is 0 Å². The Hall–Kier alpha value is -0.960. The van der Waals surface area contributed by atoms with Crippen molar-refractivity contribution in [3.8, 4) is 0 Å². The highest BCUT2D eigenvalue weighted by Gasteiger charge is 2.25. The van der Waals surface area contributed by atoms with Gasteiger partial charge in [0, 0.05) is 24.9 Å². The first-order valence-electron chi connectivity index (χ1n) is 6.11. The van der Waals surface area contributed by atoms with Crippen LogP contribution in [-0.4, -0.2) is 35.3 Å². The summed E-state index contributed by atoms with van der Waals surface area (Å²) in [5.74, 6) is 1.25. The number of fused-ring (bicyclic) bond motifs is 1. The maximum atomic E-state index is 11.5. The highest BCUT2D eigenvalue weighted by atomic mass is 32.2. The smallest absolute Gasteiger partial charge is 0.159 e. The van der Waals surface area contributed by atoms with Crippen molar-refractivity contribution in [1.29, 1.82) is 0 Å². The molecule has 0 amide bonds. The van der Waals surface area contributed by atoms with E-state index in [0.717, 1.165) is 18.7 Å². The van der Waals surface area contributed by atoms with Gasteiger partial charge in [0.2, 0.25) is 0 Å². The van der Waals surface area contributed by atoms with Crippen LogP contribution >= 0.6 is 11.8 Å². The van der Waals surface area contributed by atoms with E-state index in [1.54, 1.807) is 6.08 Å². The fourth-order valence-electron chi connectivity index (χ4n) is 2.42. The van der Waals surface area contributed by atoms with Crippen LogP contribution in [0.4, 0.5) is 0 Å².